The molecule has 6 nitrogen and oxygen atoms in total. The standard InChI is InChI=1S/C24H20O6/c1-30-20-12-13(8-10-16(20)25)9-11-19(28)21-14-4-2-6-17(26)22(14)24(29)23-15(21)5-3-7-18(23)27/h2-8,10,12,21,25-27H,9,11H2,1H3. The van der Waals surface area contributed by atoms with Crippen molar-refractivity contribution in [1.82, 2.24) is 0 Å². The average Bonchev–Trinajstić information content (AvgIpc) is 2.73. The van der Waals surface area contributed by atoms with E-state index in [1.165, 1.54) is 25.3 Å². The van der Waals surface area contributed by atoms with Crippen LogP contribution in [0.4, 0.5) is 0 Å². The summed E-state index contributed by atoms with van der Waals surface area (Å²) in [6.45, 7) is 0. The molecule has 0 saturated heterocycles. The number of aryl methyl sites for hydroxylation is 1. The molecule has 0 aromatic heterocycles. The van der Waals surface area contributed by atoms with Gasteiger partial charge in [0.1, 0.15) is 17.3 Å². The van der Waals surface area contributed by atoms with Gasteiger partial charge in [-0.15, -0.1) is 0 Å². The van der Waals surface area contributed by atoms with Gasteiger partial charge in [-0.05, 0) is 47.4 Å². The molecule has 0 saturated carbocycles. The van der Waals surface area contributed by atoms with E-state index in [2.05, 4.69) is 0 Å². The molecule has 0 aliphatic heterocycles. The number of aromatic hydroxyl groups is 3. The number of fused-ring (bicyclic) bond motifs is 2. The highest BCUT2D eigenvalue weighted by atomic mass is 16.5. The fraction of sp³-hybridized carbons (Fsp3) is 0.167. The van der Waals surface area contributed by atoms with Crippen LogP contribution in [0.2, 0.25) is 0 Å². The molecule has 0 atom stereocenters. The highest BCUT2D eigenvalue weighted by Crippen LogP contribution is 2.43. The molecule has 0 heterocycles. The Bertz CT molecular complexity index is 1110. The van der Waals surface area contributed by atoms with Gasteiger partial charge in [0, 0.05) is 6.42 Å². The van der Waals surface area contributed by atoms with Crippen LogP contribution in [0.15, 0.2) is 54.6 Å². The number of benzene rings is 3. The molecule has 152 valence electrons. The Morgan fingerprint density at radius 2 is 1.50 bits per heavy atom. The third kappa shape index (κ3) is 3.16. The molecule has 0 unspecified atom stereocenters. The van der Waals surface area contributed by atoms with Crippen molar-refractivity contribution in [3.05, 3.63) is 82.4 Å². The Morgan fingerprint density at radius 1 is 0.900 bits per heavy atom. The summed E-state index contributed by atoms with van der Waals surface area (Å²) in [5.74, 6) is -1.50. The second-order valence-electron chi connectivity index (χ2n) is 7.22. The van der Waals surface area contributed by atoms with Gasteiger partial charge in [0.25, 0.3) is 0 Å². The van der Waals surface area contributed by atoms with E-state index in [9.17, 15) is 24.9 Å². The molecule has 0 amide bonds. The first-order valence-corrected chi connectivity index (χ1v) is 9.49. The first kappa shape index (κ1) is 19.5. The summed E-state index contributed by atoms with van der Waals surface area (Å²) < 4.78 is 5.11. The summed E-state index contributed by atoms with van der Waals surface area (Å²) >= 11 is 0. The normalized spacial score (nSPS) is 12.9. The lowest BCUT2D eigenvalue weighted by atomic mass is 9.74. The predicted octanol–water partition coefficient (Wildman–Crippen LogP) is 3.69. The fourth-order valence-electron chi connectivity index (χ4n) is 4.02. The molecule has 3 aromatic carbocycles. The monoisotopic (exact) mass is 404 g/mol. The van der Waals surface area contributed by atoms with Crippen LogP contribution in [-0.4, -0.2) is 34.0 Å². The van der Waals surface area contributed by atoms with E-state index in [-0.39, 0.29) is 40.6 Å². The van der Waals surface area contributed by atoms with Crippen LogP contribution in [0, 0.1) is 0 Å². The number of Topliss-reactive ketones (excluding diaryl/α,β-unsaturated/α-hetero) is 1. The van der Waals surface area contributed by atoms with Crippen LogP contribution < -0.4 is 4.74 Å². The van der Waals surface area contributed by atoms with Crippen molar-refractivity contribution >= 4 is 11.6 Å². The lowest BCUT2D eigenvalue weighted by Crippen LogP contribution is -2.25. The Morgan fingerprint density at radius 3 is 2.07 bits per heavy atom. The number of methoxy groups -OCH3 is 1. The molecular formula is C24H20O6. The van der Waals surface area contributed by atoms with Gasteiger partial charge in [0.2, 0.25) is 5.78 Å². The van der Waals surface area contributed by atoms with Crippen molar-refractivity contribution in [1.29, 1.82) is 0 Å². The van der Waals surface area contributed by atoms with Crippen LogP contribution in [0.3, 0.4) is 0 Å². The van der Waals surface area contributed by atoms with Gasteiger partial charge in [-0.2, -0.15) is 0 Å². The molecule has 0 spiro atoms. The third-order valence-electron chi connectivity index (χ3n) is 5.45. The van der Waals surface area contributed by atoms with Gasteiger partial charge in [0.05, 0.1) is 24.2 Å². The van der Waals surface area contributed by atoms with Crippen LogP contribution >= 0.6 is 0 Å². The lowest BCUT2D eigenvalue weighted by molar-refractivity contribution is -0.119. The van der Waals surface area contributed by atoms with E-state index >= 15 is 0 Å². The minimum atomic E-state index is -0.772. The summed E-state index contributed by atoms with van der Waals surface area (Å²) in [6, 6.07) is 14.2. The first-order chi connectivity index (χ1) is 14.4. The zero-order valence-corrected chi connectivity index (χ0v) is 16.3. The maximum Gasteiger partial charge on any atom is 0.201 e. The van der Waals surface area contributed by atoms with E-state index in [1.54, 1.807) is 36.4 Å². The summed E-state index contributed by atoms with van der Waals surface area (Å²) in [5.41, 5.74) is 1.79. The van der Waals surface area contributed by atoms with Crippen molar-refractivity contribution in [2.45, 2.75) is 18.8 Å². The SMILES string of the molecule is COc1cc(CCC(=O)C2c3cccc(O)c3C(=O)c3c(O)cccc32)ccc1O. The van der Waals surface area contributed by atoms with Gasteiger partial charge in [-0.3, -0.25) is 9.59 Å². The second kappa shape index (κ2) is 7.55. The lowest BCUT2D eigenvalue weighted by Gasteiger charge is -2.27. The molecule has 0 radical (unpaired) electrons. The number of ether oxygens (including phenoxy) is 1. The first-order valence-electron chi connectivity index (χ1n) is 9.49. The zero-order chi connectivity index (χ0) is 21.4. The van der Waals surface area contributed by atoms with Crippen molar-refractivity contribution in [3.63, 3.8) is 0 Å². The molecule has 0 fully saturated rings. The van der Waals surface area contributed by atoms with E-state index in [1.807, 2.05) is 0 Å². The van der Waals surface area contributed by atoms with E-state index in [4.69, 9.17) is 4.74 Å². The third-order valence-corrected chi connectivity index (χ3v) is 5.45. The smallest absolute Gasteiger partial charge is 0.201 e. The molecule has 6 heteroatoms. The Labute approximate surface area is 173 Å². The number of rotatable bonds is 5. The molecule has 3 aromatic rings. The summed E-state index contributed by atoms with van der Waals surface area (Å²) in [4.78, 5) is 26.2. The van der Waals surface area contributed by atoms with Gasteiger partial charge in [-0.1, -0.05) is 30.3 Å². The van der Waals surface area contributed by atoms with Crippen molar-refractivity contribution in [2.75, 3.05) is 7.11 Å². The molecular weight excluding hydrogens is 384 g/mol. The average molecular weight is 404 g/mol. The quantitative estimate of drug-likeness (QED) is 0.599. The second-order valence-corrected chi connectivity index (χ2v) is 7.22. The maximum atomic E-state index is 13.3. The Hall–Kier alpha value is -3.80. The molecule has 4 rings (SSSR count). The number of carbonyl (C=O) groups is 2. The van der Waals surface area contributed by atoms with E-state index < -0.39 is 11.7 Å². The number of phenols is 3. The summed E-state index contributed by atoms with van der Waals surface area (Å²) in [6.07, 6.45) is 0.569. The maximum absolute atomic E-state index is 13.3. The number of carbonyl (C=O) groups excluding carboxylic acids is 2. The minimum Gasteiger partial charge on any atom is -0.507 e. The minimum absolute atomic E-state index is 0.0205. The number of hydrogen-bond donors (Lipinski definition) is 3. The molecule has 0 bridgehead atoms. The topological polar surface area (TPSA) is 104 Å². The highest BCUT2D eigenvalue weighted by molar-refractivity contribution is 6.18. The summed E-state index contributed by atoms with van der Waals surface area (Å²) in [5, 5.41) is 30.3. The molecule has 1 aliphatic carbocycles. The van der Waals surface area contributed by atoms with Crippen LogP contribution in [0.5, 0.6) is 23.0 Å². The molecule has 1 aliphatic rings. The van der Waals surface area contributed by atoms with Crippen LogP contribution in [0.1, 0.15) is 45.0 Å². The number of phenolic OH excluding ortho intramolecular Hbond substituents is 3. The molecule has 3 N–H and O–H groups in total. The van der Waals surface area contributed by atoms with Gasteiger partial charge < -0.3 is 20.1 Å². The predicted molar refractivity (Wildman–Crippen MR) is 109 cm³/mol. The van der Waals surface area contributed by atoms with Gasteiger partial charge in [-0.25, -0.2) is 0 Å². The van der Waals surface area contributed by atoms with Gasteiger partial charge >= 0.3 is 0 Å². The van der Waals surface area contributed by atoms with E-state index in [0.717, 1.165) is 5.56 Å². The zero-order valence-electron chi connectivity index (χ0n) is 16.3. The van der Waals surface area contributed by atoms with Crippen molar-refractivity contribution < 1.29 is 29.6 Å². The van der Waals surface area contributed by atoms with E-state index in [0.29, 0.717) is 23.3 Å². The van der Waals surface area contributed by atoms with Crippen LogP contribution in [-0.2, 0) is 11.2 Å². The number of hydrogen-bond acceptors (Lipinski definition) is 6. The Balaban J connectivity index is 1.71. The highest BCUT2D eigenvalue weighted by Gasteiger charge is 2.38. The van der Waals surface area contributed by atoms with Gasteiger partial charge in [0.15, 0.2) is 11.5 Å². The Kier molecular flexibility index (Phi) is 4.91. The van der Waals surface area contributed by atoms with Crippen molar-refractivity contribution in [2.24, 2.45) is 0 Å². The fourth-order valence-corrected chi connectivity index (χ4v) is 4.02. The summed E-state index contributed by atoms with van der Waals surface area (Å²) in [7, 11) is 1.45. The number of ketones is 2. The molecule has 30 heavy (non-hydrogen) atoms. The largest absolute Gasteiger partial charge is 0.507 e. The van der Waals surface area contributed by atoms with Crippen LogP contribution in [0.25, 0.3) is 0 Å². The van der Waals surface area contributed by atoms with Crippen molar-refractivity contribution in [3.8, 4) is 23.0 Å².